The first-order chi connectivity index (χ1) is 10.8. The number of fused-ring (bicyclic) bond motifs is 1. The molecule has 3 rings (SSSR count). The van der Waals surface area contributed by atoms with Gasteiger partial charge in [0.1, 0.15) is 17.5 Å². The van der Waals surface area contributed by atoms with Crippen LogP contribution in [0.4, 0.5) is 8.78 Å². The molecule has 23 heavy (non-hydrogen) atoms. The normalized spacial score (nSPS) is 11.7. The van der Waals surface area contributed by atoms with Crippen molar-refractivity contribution in [2.45, 2.75) is 26.2 Å². The Bertz CT molecular complexity index is 928. The van der Waals surface area contributed by atoms with E-state index in [2.05, 4.69) is 10.1 Å². The van der Waals surface area contributed by atoms with Crippen molar-refractivity contribution in [3.63, 3.8) is 0 Å². The Morgan fingerprint density at radius 1 is 1.17 bits per heavy atom. The maximum atomic E-state index is 14.5. The Hall–Kier alpha value is -2.81. The van der Waals surface area contributed by atoms with Gasteiger partial charge in [0, 0.05) is 0 Å². The minimum atomic E-state index is -0.974. The SMILES string of the molecule is Cc1ncc2ccc(-c3c(F)cc(C(C)(C)C#N)cc3F)nn12. The molecule has 0 aliphatic rings. The molecule has 116 valence electrons. The van der Waals surface area contributed by atoms with E-state index in [1.165, 1.54) is 16.6 Å². The van der Waals surface area contributed by atoms with Crippen LogP contribution in [0.25, 0.3) is 16.8 Å². The van der Waals surface area contributed by atoms with E-state index in [9.17, 15) is 8.78 Å². The fourth-order valence-corrected chi connectivity index (χ4v) is 2.38. The van der Waals surface area contributed by atoms with Gasteiger partial charge in [-0.1, -0.05) is 0 Å². The molecule has 0 saturated heterocycles. The van der Waals surface area contributed by atoms with Gasteiger partial charge in [-0.15, -0.1) is 0 Å². The molecule has 0 bridgehead atoms. The first kappa shape index (κ1) is 15.1. The van der Waals surface area contributed by atoms with Gasteiger partial charge in [-0.25, -0.2) is 18.3 Å². The van der Waals surface area contributed by atoms with Crippen molar-refractivity contribution in [3.05, 3.63) is 53.5 Å². The lowest BCUT2D eigenvalue weighted by Gasteiger charge is -2.17. The van der Waals surface area contributed by atoms with Gasteiger partial charge in [0.05, 0.1) is 34.5 Å². The van der Waals surface area contributed by atoms with Crippen LogP contribution >= 0.6 is 0 Å². The second-order valence-electron chi connectivity index (χ2n) is 5.91. The standard InChI is InChI=1S/C17H14F2N4/c1-10-21-8-12-4-5-15(22-23(10)12)16-13(18)6-11(7-14(16)19)17(2,3)9-20/h4-8H,1-3H3. The van der Waals surface area contributed by atoms with Crippen LogP contribution in [0.5, 0.6) is 0 Å². The molecule has 0 spiro atoms. The van der Waals surface area contributed by atoms with Gasteiger partial charge in [0.25, 0.3) is 0 Å². The van der Waals surface area contributed by atoms with Crippen molar-refractivity contribution < 1.29 is 8.78 Å². The lowest BCUT2D eigenvalue weighted by Crippen LogP contribution is -2.15. The van der Waals surface area contributed by atoms with Crippen molar-refractivity contribution in [1.29, 1.82) is 5.26 Å². The van der Waals surface area contributed by atoms with Gasteiger partial charge in [-0.3, -0.25) is 0 Å². The molecule has 0 fully saturated rings. The lowest BCUT2D eigenvalue weighted by atomic mass is 9.85. The molecule has 3 aromatic rings. The molecule has 0 aliphatic carbocycles. The third-order valence-corrected chi connectivity index (χ3v) is 3.85. The second-order valence-corrected chi connectivity index (χ2v) is 5.91. The van der Waals surface area contributed by atoms with Crippen LogP contribution < -0.4 is 0 Å². The Morgan fingerprint density at radius 2 is 1.83 bits per heavy atom. The van der Waals surface area contributed by atoms with Gasteiger partial charge in [0.2, 0.25) is 0 Å². The number of aryl methyl sites for hydroxylation is 1. The fraction of sp³-hybridized carbons (Fsp3) is 0.235. The van der Waals surface area contributed by atoms with E-state index in [4.69, 9.17) is 5.26 Å². The Labute approximate surface area is 132 Å². The third-order valence-electron chi connectivity index (χ3n) is 3.85. The summed E-state index contributed by atoms with van der Waals surface area (Å²) in [5, 5.41) is 13.4. The van der Waals surface area contributed by atoms with E-state index in [1.54, 1.807) is 39.1 Å². The van der Waals surface area contributed by atoms with E-state index < -0.39 is 17.0 Å². The van der Waals surface area contributed by atoms with E-state index in [0.717, 1.165) is 5.52 Å². The summed E-state index contributed by atoms with van der Waals surface area (Å²) in [4.78, 5) is 4.11. The molecule has 0 radical (unpaired) electrons. The minimum Gasteiger partial charge on any atom is -0.239 e. The van der Waals surface area contributed by atoms with Crippen LogP contribution in [-0.2, 0) is 5.41 Å². The summed E-state index contributed by atoms with van der Waals surface area (Å²) in [7, 11) is 0. The number of nitrogens with zero attached hydrogens (tertiary/aromatic N) is 4. The van der Waals surface area contributed by atoms with Gasteiger partial charge in [-0.2, -0.15) is 10.4 Å². The van der Waals surface area contributed by atoms with E-state index in [-0.39, 0.29) is 11.3 Å². The van der Waals surface area contributed by atoms with Crippen LogP contribution in [0.3, 0.4) is 0 Å². The van der Waals surface area contributed by atoms with Crippen molar-refractivity contribution in [3.8, 4) is 17.3 Å². The molecule has 0 saturated carbocycles. The Kier molecular flexibility index (Phi) is 3.37. The predicted molar refractivity (Wildman–Crippen MR) is 81.7 cm³/mol. The molecule has 1 aromatic carbocycles. The molecular weight excluding hydrogens is 298 g/mol. The van der Waals surface area contributed by atoms with E-state index in [1.807, 2.05) is 6.07 Å². The summed E-state index contributed by atoms with van der Waals surface area (Å²) >= 11 is 0. The zero-order valence-electron chi connectivity index (χ0n) is 12.9. The highest BCUT2D eigenvalue weighted by Crippen LogP contribution is 2.31. The molecule has 6 heteroatoms. The van der Waals surface area contributed by atoms with Crippen LogP contribution in [0, 0.1) is 29.9 Å². The molecule has 0 N–H and O–H groups in total. The van der Waals surface area contributed by atoms with Gasteiger partial charge >= 0.3 is 0 Å². The van der Waals surface area contributed by atoms with Crippen molar-refractivity contribution in [2.24, 2.45) is 0 Å². The summed E-state index contributed by atoms with van der Waals surface area (Å²) in [5.74, 6) is -0.856. The average Bonchev–Trinajstić information content (AvgIpc) is 2.88. The highest BCUT2D eigenvalue weighted by molar-refractivity contribution is 5.63. The fourth-order valence-electron chi connectivity index (χ4n) is 2.38. The molecule has 2 aromatic heterocycles. The first-order valence-corrected chi connectivity index (χ1v) is 7.06. The second kappa shape index (κ2) is 5.13. The highest BCUT2D eigenvalue weighted by Gasteiger charge is 2.24. The number of hydrogen-bond donors (Lipinski definition) is 0. The number of hydrogen-bond acceptors (Lipinski definition) is 3. The average molecular weight is 312 g/mol. The van der Waals surface area contributed by atoms with Gasteiger partial charge < -0.3 is 0 Å². The summed E-state index contributed by atoms with van der Waals surface area (Å²) in [5.41, 5.74) is 0.0266. The Balaban J connectivity index is 2.19. The number of imidazole rings is 1. The van der Waals surface area contributed by atoms with Crippen LogP contribution in [0.2, 0.25) is 0 Å². The number of nitriles is 1. The lowest BCUT2D eigenvalue weighted by molar-refractivity contribution is 0.572. The van der Waals surface area contributed by atoms with Crippen molar-refractivity contribution in [2.75, 3.05) is 0 Å². The molecule has 0 aliphatic heterocycles. The highest BCUT2D eigenvalue weighted by atomic mass is 19.1. The zero-order valence-corrected chi connectivity index (χ0v) is 12.9. The number of aromatic nitrogens is 3. The summed E-state index contributed by atoms with van der Waals surface area (Å²) < 4.78 is 30.5. The molecule has 2 heterocycles. The third kappa shape index (κ3) is 2.44. The molecule has 0 atom stereocenters. The smallest absolute Gasteiger partial charge is 0.135 e. The largest absolute Gasteiger partial charge is 0.239 e. The minimum absolute atomic E-state index is 0.176. The Morgan fingerprint density at radius 3 is 2.43 bits per heavy atom. The molecule has 0 unspecified atom stereocenters. The first-order valence-electron chi connectivity index (χ1n) is 7.06. The van der Waals surface area contributed by atoms with Crippen molar-refractivity contribution in [1.82, 2.24) is 14.6 Å². The number of halogens is 2. The summed E-state index contributed by atoms with van der Waals surface area (Å²) in [6.45, 7) is 4.98. The number of rotatable bonds is 2. The maximum Gasteiger partial charge on any atom is 0.135 e. The molecular formula is C17H14F2N4. The van der Waals surface area contributed by atoms with Crippen LogP contribution in [0.15, 0.2) is 30.5 Å². The molecule has 0 amide bonds. The van der Waals surface area contributed by atoms with Gasteiger partial charge in [-0.05, 0) is 50.6 Å². The summed E-state index contributed by atoms with van der Waals surface area (Å²) in [6, 6.07) is 7.67. The van der Waals surface area contributed by atoms with E-state index >= 15 is 0 Å². The van der Waals surface area contributed by atoms with Gasteiger partial charge in [0.15, 0.2) is 0 Å². The quantitative estimate of drug-likeness (QED) is 0.723. The predicted octanol–water partition coefficient (Wildman–Crippen LogP) is 3.78. The van der Waals surface area contributed by atoms with Crippen LogP contribution in [-0.4, -0.2) is 14.6 Å². The van der Waals surface area contributed by atoms with Crippen molar-refractivity contribution >= 4 is 5.52 Å². The van der Waals surface area contributed by atoms with E-state index in [0.29, 0.717) is 11.4 Å². The monoisotopic (exact) mass is 312 g/mol. The maximum absolute atomic E-state index is 14.5. The summed E-state index contributed by atoms with van der Waals surface area (Å²) in [6.07, 6.45) is 1.64. The van der Waals surface area contributed by atoms with Crippen LogP contribution in [0.1, 0.15) is 25.2 Å². The zero-order chi connectivity index (χ0) is 16.8. The molecule has 4 nitrogen and oxygen atoms in total. The number of benzene rings is 1. The topological polar surface area (TPSA) is 54.0 Å².